The van der Waals surface area contributed by atoms with Gasteiger partial charge in [-0.15, -0.1) is 11.3 Å². The van der Waals surface area contributed by atoms with Crippen LogP contribution in [-0.2, 0) is 0 Å². The smallest absolute Gasteiger partial charge is 0.261 e. The van der Waals surface area contributed by atoms with Crippen LogP contribution in [-0.4, -0.2) is 10.1 Å². The number of thioether (sulfide) groups is 1. The Hall–Kier alpha value is -1.92. The van der Waals surface area contributed by atoms with Crippen molar-refractivity contribution < 1.29 is 13.6 Å². The second-order valence-electron chi connectivity index (χ2n) is 3.83. The molecular formula is C14H8FNO2S2. The number of furan rings is 1. The fraction of sp³-hybridized carbons (Fsp3) is 0. The van der Waals surface area contributed by atoms with Crippen molar-refractivity contribution >= 4 is 28.2 Å². The minimum Gasteiger partial charge on any atom is -0.452 e. The number of aromatic nitrogens is 1. The van der Waals surface area contributed by atoms with Crippen LogP contribution in [0.2, 0.25) is 0 Å². The molecule has 0 saturated carbocycles. The molecule has 3 aromatic rings. The molecule has 0 bridgehead atoms. The van der Waals surface area contributed by atoms with E-state index in [1.54, 1.807) is 41.9 Å². The van der Waals surface area contributed by atoms with Gasteiger partial charge in [-0.3, -0.25) is 4.79 Å². The normalized spacial score (nSPS) is 10.7. The predicted octanol–water partition coefficient (Wildman–Crippen LogP) is 4.47. The van der Waals surface area contributed by atoms with Gasteiger partial charge in [-0.2, -0.15) is 0 Å². The highest BCUT2D eigenvalue weighted by molar-refractivity contribution is 8.15. The molecule has 0 radical (unpaired) electrons. The SMILES string of the molecule is O=C(Sc1nccs1)c1ccc(-c2ccccc2F)o1. The Morgan fingerprint density at radius 2 is 2.10 bits per heavy atom. The first kappa shape index (κ1) is 13.1. The van der Waals surface area contributed by atoms with Gasteiger partial charge in [-0.1, -0.05) is 12.1 Å². The maximum absolute atomic E-state index is 13.6. The molecule has 0 aliphatic rings. The van der Waals surface area contributed by atoms with E-state index in [1.165, 1.54) is 17.4 Å². The van der Waals surface area contributed by atoms with Gasteiger partial charge < -0.3 is 4.42 Å². The highest BCUT2D eigenvalue weighted by Crippen LogP contribution is 2.29. The van der Waals surface area contributed by atoms with Crippen molar-refractivity contribution in [3.8, 4) is 11.3 Å². The lowest BCUT2D eigenvalue weighted by atomic mass is 10.1. The predicted molar refractivity (Wildman–Crippen MR) is 76.4 cm³/mol. The van der Waals surface area contributed by atoms with Crippen LogP contribution in [0.5, 0.6) is 0 Å². The minimum atomic E-state index is -0.381. The molecule has 1 aromatic carbocycles. The molecule has 100 valence electrons. The van der Waals surface area contributed by atoms with Crippen molar-refractivity contribution in [2.45, 2.75) is 4.34 Å². The summed E-state index contributed by atoms with van der Waals surface area (Å²) in [5.74, 6) is 0.142. The molecule has 0 atom stereocenters. The summed E-state index contributed by atoms with van der Waals surface area (Å²) in [6.07, 6.45) is 1.63. The van der Waals surface area contributed by atoms with Crippen LogP contribution < -0.4 is 0 Å². The second kappa shape index (κ2) is 5.60. The average molecular weight is 305 g/mol. The average Bonchev–Trinajstić information content (AvgIpc) is 3.10. The van der Waals surface area contributed by atoms with E-state index in [9.17, 15) is 9.18 Å². The molecule has 0 unspecified atom stereocenters. The molecule has 0 fully saturated rings. The van der Waals surface area contributed by atoms with Crippen LogP contribution >= 0.6 is 23.1 Å². The van der Waals surface area contributed by atoms with Crippen LogP contribution in [0.4, 0.5) is 4.39 Å². The molecule has 0 amide bonds. The lowest BCUT2D eigenvalue weighted by Crippen LogP contribution is -1.89. The zero-order chi connectivity index (χ0) is 13.9. The van der Waals surface area contributed by atoms with Crippen molar-refractivity contribution in [1.29, 1.82) is 0 Å². The summed E-state index contributed by atoms with van der Waals surface area (Å²) < 4.78 is 19.7. The molecule has 2 heterocycles. The topological polar surface area (TPSA) is 43.1 Å². The second-order valence-corrected chi connectivity index (χ2v) is 5.95. The first-order valence-corrected chi connectivity index (χ1v) is 7.40. The number of halogens is 1. The summed E-state index contributed by atoms with van der Waals surface area (Å²) in [7, 11) is 0. The van der Waals surface area contributed by atoms with Crippen LogP contribution in [0, 0.1) is 5.82 Å². The van der Waals surface area contributed by atoms with Crippen molar-refractivity contribution in [3.05, 3.63) is 59.6 Å². The molecule has 0 spiro atoms. The molecular weight excluding hydrogens is 297 g/mol. The molecule has 2 aromatic heterocycles. The Labute approximate surface area is 122 Å². The largest absolute Gasteiger partial charge is 0.452 e. The fourth-order valence-electron chi connectivity index (χ4n) is 1.64. The van der Waals surface area contributed by atoms with E-state index in [-0.39, 0.29) is 16.7 Å². The number of thiazole rings is 1. The van der Waals surface area contributed by atoms with Gasteiger partial charge in [0.25, 0.3) is 5.12 Å². The number of benzene rings is 1. The lowest BCUT2D eigenvalue weighted by Gasteiger charge is -1.98. The maximum Gasteiger partial charge on any atom is 0.261 e. The summed E-state index contributed by atoms with van der Waals surface area (Å²) in [4.78, 5) is 16.0. The summed E-state index contributed by atoms with van der Waals surface area (Å²) in [5, 5.41) is 1.55. The number of rotatable bonds is 3. The van der Waals surface area contributed by atoms with Crippen LogP contribution in [0.15, 0.2) is 56.7 Å². The third-order valence-corrected chi connectivity index (χ3v) is 4.31. The van der Waals surface area contributed by atoms with Gasteiger partial charge in [-0.05, 0) is 36.0 Å². The minimum absolute atomic E-state index is 0.184. The molecule has 0 aliphatic carbocycles. The van der Waals surface area contributed by atoms with E-state index < -0.39 is 0 Å². The van der Waals surface area contributed by atoms with E-state index in [4.69, 9.17) is 4.42 Å². The van der Waals surface area contributed by atoms with E-state index >= 15 is 0 Å². The van der Waals surface area contributed by atoms with Gasteiger partial charge >= 0.3 is 0 Å². The van der Waals surface area contributed by atoms with E-state index in [2.05, 4.69) is 4.98 Å². The highest BCUT2D eigenvalue weighted by Gasteiger charge is 2.16. The number of carbonyl (C=O) groups is 1. The van der Waals surface area contributed by atoms with E-state index in [0.29, 0.717) is 15.7 Å². The molecule has 0 aliphatic heterocycles. The Morgan fingerprint density at radius 1 is 1.25 bits per heavy atom. The third-order valence-electron chi connectivity index (χ3n) is 2.54. The van der Waals surface area contributed by atoms with Crippen molar-refractivity contribution in [2.24, 2.45) is 0 Å². The molecule has 0 N–H and O–H groups in total. The van der Waals surface area contributed by atoms with Gasteiger partial charge in [0.1, 0.15) is 11.6 Å². The Balaban J connectivity index is 1.83. The van der Waals surface area contributed by atoms with Gasteiger partial charge in [0, 0.05) is 11.6 Å². The third kappa shape index (κ3) is 2.66. The zero-order valence-electron chi connectivity index (χ0n) is 10.1. The quantitative estimate of drug-likeness (QED) is 0.669. The van der Waals surface area contributed by atoms with Gasteiger partial charge in [0.2, 0.25) is 0 Å². The lowest BCUT2D eigenvalue weighted by molar-refractivity contribution is 0.106. The van der Waals surface area contributed by atoms with Crippen LogP contribution in [0.1, 0.15) is 10.6 Å². The first-order chi connectivity index (χ1) is 9.74. The molecule has 6 heteroatoms. The van der Waals surface area contributed by atoms with Gasteiger partial charge in [0.05, 0.1) is 5.56 Å². The fourth-order valence-corrected chi connectivity index (χ4v) is 3.07. The Morgan fingerprint density at radius 3 is 2.85 bits per heavy atom. The molecule has 0 saturated heterocycles. The summed E-state index contributed by atoms with van der Waals surface area (Å²) >= 11 is 2.38. The Bertz CT molecular complexity index is 737. The zero-order valence-corrected chi connectivity index (χ0v) is 11.7. The highest BCUT2D eigenvalue weighted by atomic mass is 32.2. The maximum atomic E-state index is 13.6. The summed E-state index contributed by atoms with van der Waals surface area (Å²) in [5.41, 5.74) is 0.339. The Kier molecular flexibility index (Phi) is 3.66. The van der Waals surface area contributed by atoms with E-state index in [0.717, 1.165) is 11.8 Å². The summed E-state index contributed by atoms with van der Waals surface area (Å²) in [6.45, 7) is 0. The van der Waals surface area contributed by atoms with Gasteiger partial charge in [-0.25, -0.2) is 9.37 Å². The molecule has 3 nitrogen and oxygen atoms in total. The number of carbonyl (C=O) groups excluding carboxylic acids is 1. The summed E-state index contributed by atoms with van der Waals surface area (Å²) in [6, 6.07) is 9.41. The van der Waals surface area contributed by atoms with Crippen LogP contribution in [0.3, 0.4) is 0 Å². The number of hydrogen-bond donors (Lipinski definition) is 0. The van der Waals surface area contributed by atoms with Crippen molar-refractivity contribution in [1.82, 2.24) is 4.98 Å². The molecule has 20 heavy (non-hydrogen) atoms. The standard InChI is InChI=1S/C14H8FNO2S2/c15-10-4-2-1-3-9(10)11-5-6-12(18-11)13(17)20-14-16-7-8-19-14/h1-8H. The van der Waals surface area contributed by atoms with Crippen molar-refractivity contribution in [3.63, 3.8) is 0 Å². The number of hydrogen-bond acceptors (Lipinski definition) is 5. The molecule has 3 rings (SSSR count). The first-order valence-electron chi connectivity index (χ1n) is 5.70. The van der Waals surface area contributed by atoms with E-state index in [1.807, 2.05) is 0 Å². The number of nitrogens with zero attached hydrogens (tertiary/aromatic N) is 1. The van der Waals surface area contributed by atoms with Gasteiger partial charge in [0.15, 0.2) is 10.1 Å². The van der Waals surface area contributed by atoms with Crippen molar-refractivity contribution in [2.75, 3.05) is 0 Å². The van der Waals surface area contributed by atoms with Crippen LogP contribution in [0.25, 0.3) is 11.3 Å². The monoisotopic (exact) mass is 305 g/mol.